The molecule has 0 aliphatic rings. The first-order chi connectivity index (χ1) is 12.0. The van der Waals surface area contributed by atoms with Gasteiger partial charge in [0, 0.05) is 16.6 Å². The molecule has 0 N–H and O–H groups in total. The summed E-state index contributed by atoms with van der Waals surface area (Å²) in [5.41, 5.74) is 0.346. The van der Waals surface area contributed by atoms with Gasteiger partial charge in [-0.3, -0.25) is 4.79 Å². The van der Waals surface area contributed by atoms with E-state index in [1.165, 1.54) is 4.68 Å². The van der Waals surface area contributed by atoms with Gasteiger partial charge in [0.2, 0.25) is 0 Å². The molecule has 130 valence electrons. The number of benzene rings is 2. The van der Waals surface area contributed by atoms with E-state index in [2.05, 4.69) is 9.46 Å². The molecule has 3 aromatic rings. The summed E-state index contributed by atoms with van der Waals surface area (Å²) in [4.78, 5) is 18.1. The van der Waals surface area contributed by atoms with Gasteiger partial charge in [-0.05, 0) is 38.1 Å². The predicted molar refractivity (Wildman–Crippen MR) is 101 cm³/mol. The Morgan fingerprint density at radius 1 is 1.08 bits per heavy atom. The van der Waals surface area contributed by atoms with Gasteiger partial charge in [-0.25, -0.2) is 9.19 Å². The maximum absolute atomic E-state index is 13.7. The highest BCUT2D eigenvalue weighted by atomic mass is 32.2. The van der Waals surface area contributed by atoms with Crippen molar-refractivity contribution in [2.24, 2.45) is 4.47 Å². The molecular formula is C19H21N3O2S. The number of hydrogen-bond acceptors (Lipinski definition) is 4. The molecule has 0 fully saturated rings. The van der Waals surface area contributed by atoms with Crippen molar-refractivity contribution in [3.63, 3.8) is 0 Å². The third-order valence-corrected chi connectivity index (χ3v) is 6.69. The molecule has 0 aliphatic heterocycles. The summed E-state index contributed by atoms with van der Waals surface area (Å²) < 4.78 is 19.3. The Morgan fingerprint density at radius 3 is 2.36 bits per heavy atom. The molecule has 0 amide bonds. The summed E-state index contributed by atoms with van der Waals surface area (Å²) >= 11 is 0. The van der Waals surface area contributed by atoms with E-state index in [0.717, 1.165) is 0 Å². The van der Waals surface area contributed by atoms with Crippen molar-refractivity contribution in [1.82, 2.24) is 9.66 Å². The second-order valence-electron chi connectivity index (χ2n) is 6.03. The zero-order chi connectivity index (χ0) is 18.0. The third-order valence-electron chi connectivity index (χ3n) is 4.06. The van der Waals surface area contributed by atoms with Crippen LogP contribution in [0.15, 0.2) is 68.8 Å². The summed E-state index contributed by atoms with van der Waals surface area (Å²) in [6.45, 7) is 5.61. The van der Waals surface area contributed by atoms with Crippen LogP contribution in [0.25, 0.3) is 10.9 Å². The summed E-state index contributed by atoms with van der Waals surface area (Å²) in [6.07, 6.45) is 0.520. The first kappa shape index (κ1) is 17.4. The van der Waals surface area contributed by atoms with Crippen LogP contribution in [0.1, 0.15) is 26.6 Å². The van der Waals surface area contributed by atoms with E-state index in [1.807, 2.05) is 45.0 Å². The van der Waals surface area contributed by atoms with Crippen LogP contribution in [0.5, 0.6) is 0 Å². The first-order valence-corrected chi connectivity index (χ1v) is 9.87. The Hall–Kier alpha value is -2.47. The highest BCUT2D eigenvalue weighted by molar-refractivity contribution is 7.94. The Bertz CT molecular complexity index is 1080. The second-order valence-corrected chi connectivity index (χ2v) is 8.74. The van der Waals surface area contributed by atoms with Crippen molar-refractivity contribution >= 4 is 20.6 Å². The molecule has 0 bridgehead atoms. The third kappa shape index (κ3) is 3.09. The standard InChI is InChI=1S/C19H21N3O2S/c1-4-18-20-17-13-9-8-12-16(17)19(23)22(18)21-25(24,14(2)3)15-10-6-5-7-11-15/h5-14H,4H2,1-3H3. The molecule has 0 radical (unpaired) electrons. The Balaban J connectivity index is 2.38. The highest BCUT2D eigenvalue weighted by Crippen LogP contribution is 2.19. The van der Waals surface area contributed by atoms with Crippen LogP contribution >= 0.6 is 0 Å². The van der Waals surface area contributed by atoms with Gasteiger partial charge < -0.3 is 0 Å². The lowest BCUT2D eigenvalue weighted by molar-refractivity contribution is 0.654. The van der Waals surface area contributed by atoms with Crippen molar-refractivity contribution in [3.8, 4) is 0 Å². The monoisotopic (exact) mass is 355 g/mol. The molecule has 1 heterocycles. The van der Waals surface area contributed by atoms with Crippen LogP contribution in [0.2, 0.25) is 0 Å². The van der Waals surface area contributed by atoms with Crippen molar-refractivity contribution < 1.29 is 4.21 Å². The molecule has 2 aromatic carbocycles. The predicted octanol–water partition coefficient (Wildman–Crippen LogP) is 3.66. The summed E-state index contributed by atoms with van der Waals surface area (Å²) in [6, 6.07) is 16.3. The lowest BCUT2D eigenvalue weighted by atomic mass is 10.2. The Kier molecular flexibility index (Phi) is 4.72. The zero-order valence-corrected chi connectivity index (χ0v) is 15.4. The van der Waals surface area contributed by atoms with Gasteiger partial charge in [-0.2, -0.15) is 4.68 Å². The van der Waals surface area contributed by atoms with Crippen LogP contribution in [-0.2, 0) is 16.1 Å². The normalized spacial score (nSPS) is 13.8. The molecule has 0 spiro atoms. The van der Waals surface area contributed by atoms with Gasteiger partial charge in [-0.15, -0.1) is 4.47 Å². The van der Waals surface area contributed by atoms with E-state index >= 15 is 0 Å². The van der Waals surface area contributed by atoms with Gasteiger partial charge in [0.15, 0.2) is 0 Å². The summed E-state index contributed by atoms with van der Waals surface area (Å²) in [5, 5.41) is 0.222. The van der Waals surface area contributed by atoms with Gasteiger partial charge in [-0.1, -0.05) is 37.3 Å². The maximum Gasteiger partial charge on any atom is 0.282 e. The molecule has 6 heteroatoms. The summed E-state index contributed by atoms with van der Waals surface area (Å²) in [5.74, 6) is 0.507. The van der Waals surface area contributed by atoms with Crippen LogP contribution in [0.3, 0.4) is 0 Å². The zero-order valence-electron chi connectivity index (χ0n) is 14.5. The lowest BCUT2D eigenvalue weighted by Crippen LogP contribution is -2.25. The van der Waals surface area contributed by atoms with Crippen molar-refractivity contribution in [2.75, 3.05) is 0 Å². The molecular weight excluding hydrogens is 334 g/mol. The Labute approximate surface area is 147 Å². The van der Waals surface area contributed by atoms with Crippen molar-refractivity contribution in [2.45, 2.75) is 37.3 Å². The fraction of sp³-hybridized carbons (Fsp3) is 0.263. The summed E-state index contributed by atoms with van der Waals surface area (Å²) in [7, 11) is -2.81. The number of aromatic nitrogens is 2. The Morgan fingerprint density at radius 2 is 1.72 bits per heavy atom. The minimum absolute atomic E-state index is 0.252. The maximum atomic E-state index is 13.7. The van der Waals surface area contributed by atoms with E-state index in [-0.39, 0.29) is 10.8 Å². The largest absolute Gasteiger partial charge is 0.282 e. The minimum Gasteiger partial charge on any atom is -0.267 e. The van der Waals surface area contributed by atoms with Gasteiger partial charge >= 0.3 is 0 Å². The van der Waals surface area contributed by atoms with Crippen molar-refractivity contribution in [1.29, 1.82) is 0 Å². The average Bonchev–Trinajstić information content (AvgIpc) is 2.64. The van der Waals surface area contributed by atoms with Crippen molar-refractivity contribution in [3.05, 3.63) is 70.8 Å². The van der Waals surface area contributed by atoms with Gasteiger partial charge in [0.05, 0.1) is 20.6 Å². The molecule has 1 atom stereocenters. The van der Waals surface area contributed by atoms with E-state index in [4.69, 9.17) is 0 Å². The molecule has 0 saturated heterocycles. The number of aryl methyl sites for hydroxylation is 1. The SMILES string of the molecule is CCc1nc2ccccc2c(=O)n1N=S(=O)(c1ccccc1)C(C)C. The topological polar surface area (TPSA) is 64.3 Å². The van der Waals surface area contributed by atoms with E-state index < -0.39 is 9.73 Å². The number of para-hydroxylation sites is 1. The van der Waals surface area contributed by atoms with Crippen LogP contribution < -0.4 is 5.56 Å². The molecule has 5 nitrogen and oxygen atoms in total. The fourth-order valence-corrected chi connectivity index (χ4v) is 4.42. The number of hydrogen-bond donors (Lipinski definition) is 0. The van der Waals surface area contributed by atoms with Gasteiger partial charge in [0.25, 0.3) is 5.56 Å². The molecule has 25 heavy (non-hydrogen) atoms. The van der Waals surface area contributed by atoms with Crippen LogP contribution in [0, 0.1) is 0 Å². The van der Waals surface area contributed by atoms with E-state index in [0.29, 0.717) is 28.0 Å². The van der Waals surface area contributed by atoms with E-state index in [1.54, 1.807) is 30.3 Å². The highest BCUT2D eigenvalue weighted by Gasteiger charge is 2.20. The smallest absolute Gasteiger partial charge is 0.267 e. The molecule has 0 aliphatic carbocycles. The quantitative estimate of drug-likeness (QED) is 0.717. The first-order valence-electron chi connectivity index (χ1n) is 8.29. The van der Waals surface area contributed by atoms with Gasteiger partial charge in [0.1, 0.15) is 5.82 Å². The second kappa shape index (κ2) is 6.80. The average molecular weight is 355 g/mol. The molecule has 0 saturated carbocycles. The number of fused-ring (bicyclic) bond motifs is 1. The van der Waals surface area contributed by atoms with E-state index in [9.17, 15) is 9.00 Å². The van der Waals surface area contributed by atoms with Crippen LogP contribution in [-0.4, -0.2) is 19.1 Å². The number of nitrogens with zero attached hydrogens (tertiary/aromatic N) is 3. The molecule has 1 unspecified atom stereocenters. The lowest BCUT2D eigenvalue weighted by Gasteiger charge is -2.16. The molecule has 3 rings (SSSR count). The number of rotatable bonds is 4. The fourth-order valence-electron chi connectivity index (χ4n) is 2.63. The van der Waals surface area contributed by atoms with Crippen LogP contribution in [0.4, 0.5) is 0 Å². The minimum atomic E-state index is -2.81. The molecule has 1 aromatic heterocycles.